The first-order chi connectivity index (χ1) is 2.77. The highest BCUT2D eigenvalue weighted by atomic mass is 15.1. The summed E-state index contributed by atoms with van der Waals surface area (Å²) in [5.41, 5.74) is 3.70. The molecule has 2 nitrogen and oxygen atoms in total. The average Bonchev–Trinajstić information content (AvgIpc) is 1.35. The summed E-state index contributed by atoms with van der Waals surface area (Å²) in [5, 5.41) is 0. The third-order valence-electron chi connectivity index (χ3n) is 0.677. The number of rotatable bonds is 2. The molecule has 0 saturated heterocycles. The van der Waals surface area contributed by atoms with Gasteiger partial charge in [-0.05, 0) is 0 Å². The van der Waals surface area contributed by atoms with Crippen molar-refractivity contribution < 1.29 is 10.6 Å². The zero-order chi connectivity index (χ0) is 4.99. The molecule has 0 amide bonds. The van der Waals surface area contributed by atoms with Crippen LogP contribution in [0.4, 0.5) is 0 Å². The number of likely N-dealkylation sites (N-methyl/N-ethyl adjacent to an activating group) is 1. The Balaban J connectivity index is 2.63. The fourth-order valence-electron chi connectivity index (χ4n) is 0.354. The molecule has 0 atom stereocenters. The summed E-state index contributed by atoms with van der Waals surface area (Å²) in [6, 6.07) is 0. The highest BCUT2D eigenvalue weighted by Gasteiger charge is 1.85. The zero-order valence-electron chi connectivity index (χ0n) is 4.62. The van der Waals surface area contributed by atoms with E-state index in [0.29, 0.717) is 0 Å². The Morgan fingerprint density at radius 3 is 2.00 bits per heavy atom. The second-order valence-electron chi connectivity index (χ2n) is 1.81. The molecule has 38 valence electrons. The molecule has 0 aliphatic rings. The molecule has 0 radical (unpaired) electrons. The Morgan fingerprint density at radius 1 is 1.50 bits per heavy atom. The summed E-state index contributed by atoms with van der Waals surface area (Å²) in [5.74, 6) is 0. The second-order valence-corrected chi connectivity index (χ2v) is 1.81. The monoisotopic (exact) mass is 90.1 g/mol. The molecule has 0 saturated carbocycles. The van der Waals surface area contributed by atoms with Gasteiger partial charge in [-0.15, -0.1) is 0 Å². The molecule has 0 aliphatic carbocycles. The lowest BCUT2D eigenvalue weighted by Crippen LogP contribution is -3.07. The van der Waals surface area contributed by atoms with Crippen LogP contribution in [0.3, 0.4) is 0 Å². The standard InChI is InChI=1S/C4H12N2/c1-6(2)4-3-5/h3-5H2,1-2H3/p+2. The summed E-state index contributed by atoms with van der Waals surface area (Å²) in [4.78, 5) is 1.48. The van der Waals surface area contributed by atoms with Crippen LogP contribution < -0.4 is 10.6 Å². The van der Waals surface area contributed by atoms with E-state index in [1.807, 2.05) is 0 Å². The van der Waals surface area contributed by atoms with Gasteiger partial charge in [0.05, 0.1) is 14.1 Å². The predicted octanol–water partition coefficient (Wildman–Crippen LogP) is -2.63. The summed E-state index contributed by atoms with van der Waals surface area (Å²) >= 11 is 0. The number of hydrogen-bond acceptors (Lipinski definition) is 0. The van der Waals surface area contributed by atoms with Crippen LogP contribution in [-0.4, -0.2) is 27.2 Å². The van der Waals surface area contributed by atoms with Crippen molar-refractivity contribution in [2.45, 2.75) is 0 Å². The van der Waals surface area contributed by atoms with Crippen LogP contribution >= 0.6 is 0 Å². The maximum Gasteiger partial charge on any atom is 0.126 e. The molecular formula is C4H14N2+2. The van der Waals surface area contributed by atoms with Crippen LogP contribution in [0.15, 0.2) is 0 Å². The molecule has 0 aromatic carbocycles. The van der Waals surface area contributed by atoms with E-state index >= 15 is 0 Å². The third-order valence-corrected chi connectivity index (χ3v) is 0.677. The molecule has 0 heterocycles. The van der Waals surface area contributed by atoms with E-state index in [0.717, 1.165) is 6.54 Å². The maximum absolute atomic E-state index is 3.70. The SMILES string of the molecule is C[NH+](C)CC[NH3+]. The van der Waals surface area contributed by atoms with Gasteiger partial charge >= 0.3 is 0 Å². The highest BCUT2D eigenvalue weighted by Crippen LogP contribution is 1.24. The Kier molecular flexibility index (Phi) is 3.08. The van der Waals surface area contributed by atoms with Gasteiger partial charge in [0.2, 0.25) is 0 Å². The van der Waals surface area contributed by atoms with Crippen molar-refractivity contribution in [1.82, 2.24) is 0 Å². The largest absolute Gasteiger partial charge is 0.353 e. The molecule has 0 aromatic heterocycles. The minimum atomic E-state index is 1.04. The van der Waals surface area contributed by atoms with Gasteiger partial charge in [0, 0.05) is 0 Å². The summed E-state index contributed by atoms with van der Waals surface area (Å²) in [6.07, 6.45) is 0. The lowest BCUT2D eigenvalue weighted by atomic mass is 10.6. The van der Waals surface area contributed by atoms with Crippen LogP contribution in [-0.2, 0) is 0 Å². The van der Waals surface area contributed by atoms with Crippen LogP contribution in [0.5, 0.6) is 0 Å². The molecule has 0 aromatic rings. The van der Waals surface area contributed by atoms with Crippen molar-refractivity contribution in [3.05, 3.63) is 0 Å². The molecule has 0 fully saturated rings. The minimum absolute atomic E-state index is 1.04. The van der Waals surface area contributed by atoms with Crippen molar-refractivity contribution in [3.8, 4) is 0 Å². The Morgan fingerprint density at radius 2 is 2.00 bits per heavy atom. The van der Waals surface area contributed by atoms with Gasteiger partial charge < -0.3 is 10.6 Å². The van der Waals surface area contributed by atoms with Crippen LogP contribution in [0, 0.1) is 0 Å². The Labute approximate surface area is 38.9 Å². The molecule has 6 heavy (non-hydrogen) atoms. The fraction of sp³-hybridized carbons (Fsp3) is 1.00. The zero-order valence-corrected chi connectivity index (χ0v) is 4.62. The van der Waals surface area contributed by atoms with Crippen molar-refractivity contribution >= 4 is 0 Å². The molecule has 0 bridgehead atoms. The Bertz CT molecular complexity index is 26.7. The van der Waals surface area contributed by atoms with E-state index in [1.165, 1.54) is 11.4 Å². The molecule has 0 unspecified atom stereocenters. The molecule has 0 rings (SSSR count). The first kappa shape index (κ1) is 5.92. The van der Waals surface area contributed by atoms with E-state index in [1.54, 1.807) is 0 Å². The van der Waals surface area contributed by atoms with Gasteiger partial charge in [0.25, 0.3) is 0 Å². The molecule has 2 heteroatoms. The van der Waals surface area contributed by atoms with E-state index < -0.39 is 0 Å². The predicted molar refractivity (Wildman–Crippen MR) is 25.4 cm³/mol. The van der Waals surface area contributed by atoms with E-state index in [2.05, 4.69) is 19.8 Å². The average molecular weight is 90.2 g/mol. The topological polar surface area (TPSA) is 32.1 Å². The van der Waals surface area contributed by atoms with Crippen LogP contribution in [0.1, 0.15) is 0 Å². The number of quaternary nitrogens is 2. The van der Waals surface area contributed by atoms with Gasteiger partial charge in [-0.1, -0.05) is 0 Å². The summed E-state index contributed by atoms with van der Waals surface area (Å²) < 4.78 is 0. The minimum Gasteiger partial charge on any atom is -0.353 e. The second kappa shape index (κ2) is 3.12. The normalized spacial score (nSPS) is 10.0. The van der Waals surface area contributed by atoms with Crippen molar-refractivity contribution in [2.75, 3.05) is 27.2 Å². The van der Waals surface area contributed by atoms with Crippen molar-refractivity contribution in [2.24, 2.45) is 0 Å². The van der Waals surface area contributed by atoms with E-state index in [9.17, 15) is 0 Å². The molecular weight excluding hydrogens is 76.1 g/mol. The quantitative estimate of drug-likeness (QED) is 0.372. The smallest absolute Gasteiger partial charge is 0.126 e. The van der Waals surface area contributed by atoms with Crippen molar-refractivity contribution in [3.63, 3.8) is 0 Å². The van der Waals surface area contributed by atoms with E-state index in [4.69, 9.17) is 0 Å². The van der Waals surface area contributed by atoms with Crippen LogP contribution in [0.25, 0.3) is 0 Å². The van der Waals surface area contributed by atoms with E-state index in [-0.39, 0.29) is 0 Å². The molecule has 0 aliphatic heterocycles. The van der Waals surface area contributed by atoms with Gasteiger partial charge in [0.1, 0.15) is 13.1 Å². The third kappa shape index (κ3) is 3.92. The molecule has 4 N–H and O–H groups in total. The first-order valence-electron chi connectivity index (χ1n) is 2.35. The van der Waals surface area contributed by atoms with Gasteiger partial charge in [-0.25, -0.2) is 0 Å². The maximum atomic E-state index is 3.70. The van der Waals surface area contributed by atoms with Crippen molar-refractivity contribution in [1.29, 1.82) is 0 Å². The lowest BCUT2D eigenvalue weighted by molar-refractivity contribution is -0.864. The van der Waals surface area contributed by atoms with Gasteiger partial charge in [-0.3, -0.25) is 0 Å². The lowest BCUT2D eigenvalue weighted by Gasteiger charge is -1.99. The summed E-state index contributed by atoms with van der Waals surface area (Å²) in [6.45, 7) is 2.22. The number of nitrogens with one attached hydrogen (secondary N) is 1. The van der Waals surface area contributed by atoms with Gasteiger partial charge in [-0.2, -0.15) is 0 Å². The first-order valence-corrected chi connectivity index (χ1v) is 2.35. The Hall–Kier alpha value is -0.0800. The highest BCUT2D eigenvalue weighted by molar-refractivity contribution is 4.08. The van der Waals surface area contributed by atoms with Gasteiger partial charge in [0.15, 0.2) is 0 Å². The molecule has 0 spiro atoms. The van der Waals surface area contributed by atoms with Crippen LogP contribution in [0.2, 0.25) is 0 Å². The summed E-state index contributed by atoms with van der Waals surface area (Å²) in [7, 11) is 4.26. The fourth-order valence-corrected chi connectivity index (χ4v) is 0.354. The number of hydrogen-bond donors (Lipinski definition) is 2.